The van der Waals surface area contributed by atoms with Gasteiger partial charge in [0.25, 0.3) is 0 Å². The van der Waals surface area contributed by atoms with Gasteiger partial charge in [-0.1, -0.05) is 12.1 Å². The molecule has 3 heteroatoms. The molecule has 0 spiro atoms. The third kappa shape index (κ3) is 2.73. The van der Waals surface area contributed by atoms with Gasteiger partial charge in [-0.25, -0.2) is 0 Å². The first-order chi connectivity index (χ1) is 9.74. The van der Waals surface area contributed by atoms with Crippen molar-refractivity contribution in [1.82, 2.24) is 0 Å². The number of benzene rings is 3. The van der Waals surface area contributed by atoms with Crippen molar-refractivity contribution >= 4 is 33.9 Å². The second-order valence-electron chi connectivity index (χ2n) is 4.60. The highest BCUT2D eigenvalue weighted by Gasteiger charge is 1.99. The maximum atomic E-state index is 9.28. The molecule has 0 saturated heterocycles. The third-order valence-electron chi connectivity index (χ3n) is 3.20. The van der Waals surface area contributed by atoms with Crippen LogP contribution in [-0.4, -0.2) is 11.4 Å². The fourth-order valence-corrected chi connectivity index (χ4v) is 2.59. The van der Waals surface area contributed by atoms with Crippen molar-refractivity contribution in [3.8, 4) is 5.75 Å². The zero-order valence-electron chi connectivity index (χ0n) is 11.1. The lowest BCUT2D eigenvalue weighted by molar-refractivity contribution is 0.475. The number of anilines is 2. The molecule has 0 bridgehead atoms. The average Bonchev–Trinajstić information content (AvgIpc) is 2.49. The summed E-state index contributed by atoms with van der Waals surface area (Å²) in [5.74, 6) is 0.277. The summed E-state index contributed by atoms with van der Waals surface area (Å²) in [5, 5.41) is 15.1. The van der Waals surface area contributed by atoms with Crippen molar-refractivity contribution in [2.45, 2.75) is 4.90 Å². The first-order valence-electron chi connectivity index (χ1n) is 6.38. The van der Waals surface area contributed by atoms with Gasteiger partial charge in [-0.15, -0.1) is 11.8 Å². The Kier molecular flexibility index (Phi) is 3.52. The summed E-state index contributed by atoms with van der Waals surface area (Å²) < 4.78 is 0. The van der Waals surface area contributed by atoms with E-state index < -0.39 is 0 Å². The molecule has 0 aliphatic carbocycles. The van der Waals surface area contributed by atoms with E-state index in [0.717, 1.165) is 11.4 Å². The monoisotopic (exact) mass is 281 g/mol. The summed E-state index contributed by atoms with van der Waals surface area (Å²) in [6.07, 6.45) is 2.09. The zero-order valence-corrected chi connectivity index (χ0v) is 11.9. The summed E-state index contributed by atoms with van der Waals surface area (Å²) in [6, 6.07) is 19.9. The second kappa shape index (κ2) is 5.47. The molecule has 0 atom stereocenters. The highest BCUT2D eigenvalue weighted by Crippen LogP contribution is 2.26. The van der Waals surface area contributed by atoms with Crippen LogP contribution in [0.1, 0.15) is 0 Å². The summed E-state index contributed by atoms with van der Waals surface area (Å²) >= 11 is 1.75. The Bertz CT molecular complexity index is 738. The van der Waals surface area contributed by atoms with Gasteiger partial charge in [-0.2, -0.15) is 0 Å². The SMILES string of the molecule is CSc1ccc2cc(Nc3ccc(O)cc3)ccc2c1. The molecule has 0 heterocycles. The summed E-state index contributed by atoms with van der Waals surface area (Å²) in [4.78, 5) is 1.27. The number of rotatable bonds is 3. The van der Waals surface area contributed by atoms with Crippen LogP contribution in [0.2, 0.25) is 0 Å². The van der Waals surface area contributed by atoms with Crippen LogP contribution >= 0.6 is 11.8 Å². The molecular weight excluding hydrogens is 266 g/mol. The number of phenolic OH excluding ortho intramolecular Hbond substituents is 1. The highest BCUT2D eigenvalue weighted by atomic mass is 32.2. The number of hydrogen-bond donors (Lipinski definition) is 2. The molecule has 0 amide bonds. The average molecular weight is 281 g/mol. The van der Waals surface area contributed by atoms with E-state index in [1.807, 2.05) is 12.1 Å². The van der Waals surface area contributed by atoms with Gasteiger partial charge >= 0.3 is 0 Å². The molecule has 0 aromatic heterocycles. The van der Waals surface area contributed by atoms with Gasteiger partial charge in [0.1, 0.15) is 5.75 Å². The molecule has 0 saturated carbocycles. The predicted octanol–water partition coefficient (Wildman–Crippen LogP) is 5.01. The number of hydrogen-bond acceptors (Lipinski definition) is 3. The Balaban J connectivity index is 1.90. The normalized spacial score (nSPS) is 10.7. The van der Waals surface area contributed by atoms with E-state index in [9.17, 15) is 5.11 Å². The van der Waals surface area contributed by atoms with Crippen LogP contribution in [0.25, 0.3) is 10.8 Å². The minimum atomic E-state index is 0.277. The van der Waals surface area contributed by atoms with Crippen molar-refractivity contribution in [3.63, 3.8) is 0 Å². The van der Waals surface area contributed by atoms with E-state index in [0.29, 0.717) is 0 Å². The van der Waals surface area contributed by atoms with E-state index in [2.05, 4.69) is 48.0 Å². The lowest BCUT2D eigenvalue weighted by Crippen LogP contribution is -1.89. The first-order valence-corrected chi connectivity index (χ1v) is 7.61. The first kappa shape index (κ1) is 12.9. The number of aromatic hydroxyl groups is 1. The number of thioether (sulfide) groups is 1. The lowest BCUT2D eigenvalue weighted by Gasteiger charge is -2.08. The van der Waals surface area contributed by atoms with Gasteiger partial charge in [-0.3, -0.25) is 0 Å². The number of fused-ring (bicyclic) bond motifs is 1. The predicted molar refractivity (Wildman–Crippen MR) is 87.1 cm³/mol. The largest absolute Gasteiger partial charge is 0.508 e. The fraction of sp³-hybridized carbons (Fsp3) is 0.0588. The van der Waals surface area contributed by atoms with Crippen LogP contribution in [0.5, 0.6) is 5.75 Å². The standard InChI is InChI=1S/C17H15NOS/c1-20-17-9-3-12-10-15(4-2-13(12)11-17)18-14-5-7-16(19)8-6-14/h2-11,18-19H,1H3. The highest BCUT2D eigenvalue weighted by molar-refractivity contribution is 7.98. The molecule has 20 heavy (non-hydrogen) atoms. The Morgan fingerprint density at radius 3 is 2.20 bits per heavy atom. The molecular formula is C17H15NOS. The molecule has 0 fully saturated rings. The molecule has 3 aromatic carbocycles. The van der Waals surface area contributed by atoms with Gasteiger partial charge in [0, 0.05) is 16.3 Å². The van der Waals surface area contributed by atoms with E-state index >= 15 is 0 Å². The quantitative estimate of drug-likeness (QED) is 0.523. The minimum absolute atomic E-state index is 0.277. The molecule has 2 nitrogen and oxygen atoms in total. The molecule has 0 unspecified atom stereocenters. The number of phenols is 1. The number of nitrogens with one attached hydrogen (secondary N) is 1. The summed E-state index contributed by atoms with van der Waals surface area (Å²) in [6.45, 7) is 0. The maximum absolute atomic E-state index is 9.28. The second-order valence-corrected chi connectivity index (χ2v) is 5.48. The van der Waals surface area contributed by atoms with Gasteiger partial charge in [0.05, 0.1) is 0 Å². The molecule has 3 rings (SSSR count). The molecule has 0 radical (unpaired) electrons. The zero-order chi connectivity index (χ0) is 13.9. The Morgan fingerprint density at radius 1 is 0.800 bits per heavy atom. The maximum Gasteiger partial charge on any atom is 0.115 e. The van der Waals surface area contributed by atoms with Gasteiger partial charge in [0.2, 0.25) is 0 Å². The van der Waals surface area contributed by atoms with Crippen LogP contribution in [0.15, 0.2) is 65.6 Å². The van der Waals surface area contributed by atoms with E-state index in [4.69, 9.17) is 0 Å². The smallest absolute Gasteiger partial charge is 0.115 e. The van der Waals surface area contributed by atoms with Crippen LogP contribution < -0.4 is 5.32 Å². The Morgan fingerprint density at radius 2 is 1.45 bits per heavy atom. The molecule has 0 aliphatic rings. The lowest BCUT2D eigenvalue weighted by atomic mass is 10.1. The topological polar surface area (TPSA) is 32.3 Å². The van der Waals surface area contributed by atoms with Crippen LogP contribution in [0.3, 0.4) is 0 Å². The Labute approximate surface area is 122 Å². The van der Waals surface area contributed by atoms with Gasteiger partial charge in [0.15, 0.2) is 0 Å². The van der Waals surface area contributed by atoms with Crippen LogP contribution in [0, 0.1) is 0 Å². The van der Waals surface area contributed by atoms with E-state index in [1.54, 1.807) is 23.9 Å². The van der Waals surface area contributed by atoms with Crippen molar-refractivity contribution in [2.75, 3.05) is 11.6 Å². The van der Waals surface area contributed by atoms with Gasteiger partial charge in [-0.05, 0) is 65.6 Å². The summed E-state index contributed by atoms with van der Waals surface area (Å²) in [7, 11) is 0. The minimum Gasteiger partial charge on any atom is -0.508 e. The van der Waals surface area contributed by atoms with Crippen molar-refractivity contribution in [2.24, 2.45) is 0 Å². The van der Waals surface area contributed by atoms with E-state index in [-0.39, 0.29) is 5.75 Å². The fourth-order valence-electron chi connectivity index (χ4n) is 2.14. The van der Waals surface area contributed by atoms with Crippen molar-refractivity contribution in [3.05, 3.63) is 60.7 Å². The molecule has 2 N–H and O–H groups in total. The molecule has 0 aliphatic heterocycles. The van der Waals surface area contributed by atoms with Crippen molar-refractivity contribution in [1.29, 1.82) is 0 Å². The van der Waals surface area contributed by atoms with Gasteiger partial charge < -0.3 is 10.4 Å². The molecule has 100 valence electrons. The third-order valence-corrected chi connectivity index (χ3v) is 3.93. The van der Waals surface area contributed by atoms with Crippen molar-refractivity contribution < 1.29 is 5.11 Å². The van der Waals surface area contributed by atoms with Crippen LogP contribution in [0.4, 0.5) is 11.4 Å². The van der Waals surface area contributed by atoms with Crippen LogP contribution in [-0.2, 0) is 0 Å². The van der Waals surface area contributed by atoms with E-state index in [1.165, 1.54) is 15.7 Å². The Hall–Kier alpha value is -2.13. The summed E-state index contributed by atoms with van der Waals surface area (Å²) in [5.41, 5.74) is 2.00. The molecule has 3 aromatic rings.